The zero-order chi connectivity index (χ0) is 20.4. The van der Waals surface area contributed by atoms with Crippen molar-refractivity contribution in [1.29, 1.82) is 0 Å². The Morgan fingerprint density at radius 2 is 1.65 bits per heavy atom. The second-order valence-electron chi connectivity index (χ2n) is 9.36. The molecule has 31 heavy (non-hydrogen) atoms. The summed E-state index contributed by atoms with van der Waals surface area (Å²) >= 11 is 0. The van der Waals surface area contributed by atoms with Gasteiger partial charge in [-0.2, -0.15) is 0 Å². The van der Waals surface area contributed by atoms with E-state index in [9.17, 15) is 0 Å². The van der Waals surface area contributed by atoms with Crippen molar-refractivity contribution in [3.8, 4) is 11.3 Å². The van der Waals surface area contributed by atoms with E-state index in [1.54, 1.807) is 0 Å². The molecule has 8 rings (SSSR count). The van der Waals surface area contributed by atoms with Gasteiger partial charge in [0.15, 0.2) is 0 Å². The first-order chi connectivity index (χ1) is 15.3. The molecular formula is C28H25N3. The Morgan fingerprint density at radius 3 is 2.52 bits per heavy atom. The number of aromatic amines is 1. The van der Waals surface area contributed by atoms with Gasteiger partial charge in [-0.25, -0.2) is 4.98 Å². The van der Waals surface area contributed by atoms with Crippen LogP contribution in [0.3, 0.4) is 0 Å². The third-order valence-corrected chi connectivity index (χ3v) is 7.56. The van der Waals surface area contributed by atoms with Crippen LogP contribution in [0, 0.1) is 5.92 Å². The predicted octanol–water partition coefficient (Wildman–Crippen LogP) is 6.35. The van der Waals surface area contributed by atoms with Gasteiger partial charge in [0.05, 0.1) is 11.0 Å². The molecule has 3 fully saturated rings. The van der Waals surface area contributed by atoms with Crippen LogP contribution in [0.15, 0.2) is 72.8 Å². The minimum Gasteiger partial charge on any atom is -0.355 e. The molecule has 1 atom stereocenters. The Kier molecular flexibility index (Phi) is 3.76. The summed E-state index contributed by atoms with van der Waals surface area (Å²) in [6.45, 7) is 3.83. The van der Waals surface area contributed by atoms with Crippen molar-refractivity contribution in [3.05, 3.63) is 78.4 Å². The smallest absolute Gasteiger partial charge is 0.0710 e. The van der Waals surface area contributed by atoms with Crippen molar-refractivity contribution in [2.75, 3.05) is 19.6 Å². The van der Waals surface area contributed by atoms with Gasteiger partial charge in [-0.05, 0) is 91.4 Å². The van der Waals surface area contributed by atoms with E-state index in [0.717, 1.165) is 17.0 Å². The van der Waals surface area contributed by atoms with Crippen LogP contribution >= 0.6 is 0 Å². The molecule has 3 saturated heterocycles. The van der Waals surface area contributed by atoms with Crippen LogP contribution in [-0.4, -0.2) is 34.5 Å². The van der Waals surface area contributed by atoms with Gasteiger partial charge in [0.25, 0.3) is 0 Å². The third kappa shape index (κ3) is 2.88. The molecular weight excluding hydrogens is 378 g/mol. The van der Waals surface area contributed by atoms with Crippen LogP contribution in [0.5, 0.6) is 0 Å². The number of hydrogen-bond acceptors (Lipinski definition) is 2. The summed E-state index contributed by atoms with van der Waals surface area (Å²) in [4.78, 5) is 11.1. The molecule has 152 valence electrons. The minimum absolute atomic E-state index is 0.699. The first-order valence-corrected chi connectivity index (χ1v) is 11.5. The van der Waals surface area contributed by atoms with Crippen LogP contribution in [-0.2, 0) is 0 Å². The van der Waals surface area contributed by atoms with E-state index in [1.807, 2.05) is 6.07 Å². The number of H-pyrrole nitrogens is 1. The summed E-state index contributed by atoms with van der Waals surface area (Å²) in [5.74, 6) is 1.56. The molecule has 3 aromatic carbocycles. The lowest BCUT2D eigenvalue weighted by Gasteiger charge is -2.45. The number of aromatic nitrogens is 2. The summed E-state index contributed by atoms with van der Waals surface area (Å²) < 4.78 is 0. The lowest BCUT2D eigenvalue weighted by atomic mass is 9.75. The highest BCUT2D eigenvalue weighted by molar-refractivity contribution is 5.95. The van der Waals surface area contributed by atoms with Gasteiger partial charge in [0.2, 0.25) is 0 Å². The van der Waals surface area contributed by atoms with Gasteiger partial charge >= 0.3 is 0 Å². The molecule has 0 saturated carbocycles. The zero-order valence-electron chi connectivity index (χ0n) is 17.5. The van der Waals surface area contributed by atoms with Gasteiger partial charge < -0.3 is 9.88 Å². The largest absolute Gasteiger partial charge is 0.355 e. The maximum atomic E-state index is 4.82. The first kappa shape index (κ1) is 17.5. The summed E-state index contributed by atoms with van der Waals surface area (Å²) in [7, 11) is 0. The molecule has 0 aliphatic carbocycles. The average Bonchev–Trinajstić information content (AvgIpc) is 3.26. The molecule has 1 N–H and O–H groups in total. The van der Waals surface area contributed by atoms with E-state index < -0.39 is 0 Å². The molecule has 5 heterocycles. The lowest BCUT2D eigenvalue weighted by molar-refractivity contribution is 0.0871. The van der Waals surface area contributed by atoms with Crippen LogP contribution in [0.25, 0.3) is 44.0 Å². The Balaban J connectivity index is 1.28. The van der Waals surface area contributed by atoms with Crippen LogP contribution in [0.2, 0.25) is 0 Å². The molecule has 0 spiro atoms. The Bertz CT molecular complexity index is 1440. The van der Waals surface area contributed by atoms with Gasteiger partial charge in [0, 0.05) is 33.9 Å². The fourth-order valence-electron chi connectivity index (χ4n) is 5.83. The monoisotopic (exact) mass is 403 g/mol. The fraction of sp³-hybridized carbons (Fsp3) is 0.250. The van der Waals surface area contributed by atoms with Crippen LogP contribution in [0.4, 0.5) is 0 Å². The molecule has 5 aromatic rings. The number of rotatable bonds is 2. The van der Waals surface area contributed by atoms with Gasteiger partial charge in [-0.3, -0.25) is 0 Å². The second kappa shape index (κ2) is 6.66. The Labute approximate surface area is 181 Å². The number of hydrogen-bond donors (Lipinski definition) is 1. The predicted molar refractivity (Wildman–Crippen MR) is 128 cm³/mol. The molecule has 2 aromatic heterocycles. The highest BCUT2D eigenvalue weighted by atomic mass is 15.1. The highest BCUT2D eigenvalue weighted by Crippen LogP contribution is 2.40. The molecule has 0 radical (unpaired) electrons. The van der Waals surface area contributed by atoms with E-state index in [2.05, 4.69) is 76.6 Å². The van der Waals surface area contributed by atoms with E-state index in [4.69, 9.17) is 4.98 Å². The average molecular weight is 404 g/mol. The molecule has 3 heteroatoms. The number of pyridine rings is 1. The second-order valence-corrected chi connectivity index (χ2v) is 9.36. The maximum absolute atomic E-state index is 4.82. The molecule has 3 nitrogen and oxygen atoms in total. The quantitative estimate of drug-likeness (QED) is 0.349. The van der Waals surface area contributed by atoms with E-state index >= 15 is 0 Å². The van der Waals surface area contributed by atoms with Crippen molar-refractivity contribution in [2.45, 2.75) is 18.8 Å². The standard InChI is InChI=1S/C28H25N3/c1-2-4-25-20(3-1)14-22-15-21(6-8-26(22)29-25)28-16-23-13-19(5-7-27(23)30-28)24-17-31-11-9-18(24)10-12-31/h1-8,13-16,18,24,30H,9-12,17H2. The number of fused-ring (bicyclic) bond motifs is 6. The normalized spacial score (nSPS) is 23.2. The van der Waals surface area contributed by atoms with Gasteiger partial charge in [0.1, 0.15) is 0 Å². The number of para-hydroxylation sites is 1. The van der Waals surface area contributed by atoms with Crippen molar-refractivity contribution in [3.63, 3.8) is 0 Å². The third-order valence-electron chi connectivity index (χ3n) is 7.56. The van der Waals surface area contributed by atoms with Gasteiger partial charge in [-0.15, -0.1) is 0 Å². The molecule has 3 aliphatic heterocycles. The lowest BCUT2D eigenvalue weighted by Crippen LogP contribution is -2.46. The van der Waals surface area contributed by atoms with Crippen molar-refractivity contribution >= 4 is 32.7 Å². The molecule has 3 aliphatic rings. The number of benzene rings is 3. The van der Waals surface area contributed by atoms with Crippen LogP contribution in [0.1, 0.15) is 24.3 Å². The van der Waals surface area contributed by atoms with E-state index in [1.165, 1.54) is 71.0 Å². The van der Waals surface area contributed by atoms with Crippen molar-refractivity contribution < 1.29 is 0 Å². The minimum atomic E-state index is 0.699. The Hall–Kier alpha value is -3.17. The van der Waals surface area contributed by atoms with Crippen molar-refractivity contribution in [2.24, 2.45) is 5.92 Å². The zero-order valence-corrected chi connectivity index (χ0v) is 17.5. The topological polar surface area (TPSA) is 31.9 Å². The Morgan fingerprint density at radius 1 is 0.774 bits per heavy atom. The summed E-state index contributed by atoms with van der Waals surface area (Å²) in [6.07, 6.45) is 2.72. The molecule has 0 amide bonds. The number of nitrogens with zero attached hydrogens (tertiary/aromatic N) is 2. The van der Waals surface area contributed by atoms with Gasteiger partial charge in [-0.1, -0.05) is 30.3 Å². The van der Waals surface area contributed by atoms with Crippen molar-refractivity contribution in [1.82, 2.24) is 14.9 Å². The van der Waals surface area contributed by atoms with E-state index in [0.29, 0.717) is 5.92 Å². The van der Waals surface area contributed by atoms with E-state index in [-0.39, 0.29) is 0 Å². The maximum Gasteiger partial charge on any atom is 0.0710 e. The fourth-order valence-corrected chi connectivity index (χ4v) is 5.83. The molecule has 1 unspecified atom stereocenters. The summed E-state index contributed by atoms with van der Waals surface area (Å²) in [6, 6.07) is 26.5. The van der Waals surface area contributed by atoms with Crippen LogP contribution < -0.4 is 0 Å². The summed E-state index contributed by atoms with van der Waals surface area (Å²) in [5.41, 5.74) is 7.22. The number of nitrogens with one attached hydrogen (secondary N) is 1. The highest BCUT2D eigenvalue weighted by Gasteiger charge is 2.34. The SMILES string of the molecule is c1ccc2nc3ccc(-c4cc5cc(C6CN7CCC6CC7)ccc5[nH]4)cc3cc2c1. The summed E-state index contributed by atoms with van der Waals surface area (Å²) in [5, 5.41) is 3.69. The molecule has 2 bridgehead atoms. The number of piperidine rings is 3. The first-order valence-electron chi connectivity index (χ1n) is 11.5.